The van der Waals surface area contributed by atoms with Crippen molar-refractivity contribution in [3.63, 3.8) is 0 Å². The van der Waals surface area contributed by atoms with Crippen LogP contribution in [0.15, 0.2) is 21.6 Å². The molecule has 7 heteroatoms. The zero-order valence-corrected chi connectivity index (χ0v) is 9.82. The average molecular weight is 247 g/mol. The SMILES string of the molecule is CCN(CC)S(=O)(=O)c1ccc(C(=O)O)o1. The van der Waals surface area contributed by atoms with Crippen LogP contribution in [-0.2, 0) is 10.0 Å². The van der Waals surface area contributed by atoms with Crippen LogP contribution in [0, 0.1) is 0 Å². The van der Waals surface area contributed by atoms with Crippen molar-refractivity contribution in [1.29, 1.82) is 0 Å². The minimum Gasteiger partial charge on any atom is -0.475 e. The van der Waals surface area contributed by atoms with Crippen LogP contribution in [-0.4, -0.2) is 36.9 Å². The van der Waals surface area contributed by atoms with Gasteiger partial charge in [-0.3, -0.25) is 0 Å². The summed E-state index contributed by atoms with van der Waals surface area (Å²) >= 11 is 0. The maximum Gasteiger partial charge on any atom is 0.371 e. The third kappa shape index (κ3) is 2.25. The van der Waals surface area contributed by atoms with Crippen LogP contribution in [0.25, 0.3) is 0 Å². The van der Waals surface area contributed by atoms with Gasteiger partial charge in [0.2, 0.25) is 10.9 Å². The molecule has 0 bridgehead atoms. The fraction of sp³-hybridized carbons (Fsp3) is 0.444. The van der Waals surface area contributed by atoms with Gasteiger partial charge in [0.15, 0.2) is 0 Å². The van der Waals surface area contributed by atoms with E-state index in [-0.39, 0.29) is 10.9 Å². The van der Waals surface area contributed by atoms with Gasteiger partial charge >= 0.3 is 5.97 Å². The second-order valence-corrected chi connectivity index (χ2v) is 4.88. The third-order valence-electron chi connectivity index (χ3n) is 2.09. The molecule has 6 nitrogen and oxygen atoms in total. The summed E-state index contributed by atoms with van der Waals surface area (Å²) in [4.78, 5) is 10.5. The molecule has 90 valence electrons. The van der Waals surface area contributed by atoms with E-state index in [1.807, 2.05) is 0 Å². The Balaban J connectivity index is 3.12. The Morgan fingerprint density at radius 3 is 2.31 bits per heavy atom. The van der Waals surface area contributed by atoms with E-state index in [1.165, 1.54) is 4.31 Å². The van der Waals surface area contributed by atoms with Crippen molar-refractivity contribution in [2.24, 2.45) is 0 Å². The molecule has 1 aromatic heterocycles. The number of carboxylic acids is 1. The van der Waals surface area contributed by atoms with Gasteiger partial charge in [0.25, 0.3) is 10.0 Å². The Labute approximate surface area is 93.5 Å². The Morgan fingerprint density at radius 2 is 1.94 bits per heavy atom. The summed E-state index contributed by atoms with van der Waals surface area (Å²) in [7, 11) is -3.71. The Bertz CT molecular complexity index is 472. The first-order chi connectivity index (χ1) is 7.43. The quantitative estimate of drug-likeness (QED) is 0.838. The summed E-state index contributed by atoms with van der Waals surface area (Å²) in [5.74, 6) is -1.67. The van der Waals surface area contributed by atoms with Crippen molar-refractivity contribution in [1.82, 2.24) is 4.31 Å². The van der Waals surface area contributed by atoms with Crippen LogP contribution in [0.1, 0.15) is 24.4 Å². The lowest BCUT2D eigenvalue weighted by molar-refractivity contribution is 0.0656. The molecular formula is C9H13NO5S. The van der Waals surface area contributed by atoms with Gasteiger partial charge < -0.3 is 9.52 Å². The van der Waals surface area contributed by atoms with Crippen molar-refractivity contribution >= 4 is 16.0 Å². The first-order valence-electron chi connectivity index (χ1n) is 4.76. The fourth-order valence-electron chi connectivity index (χ4n) is 1.26. The molecule has 0 saturated heterocycles. The minimum atomic E-state index is -3.71. The lowest BCUT2D eigenvalue weighted by atomic mass is 10.5. The number of carboxylic acid groups (broad SMARTS) is 1. The largest absolute Gasteiger partial charge is 0.475 e. The summed E-state index contributed by atoms with van der Waals surface area (Å²) in [6, 6.07) is 2.27. The van der Waals surface area contributed by atoms with Crippen molar-refractivity contribution in [2.75, 3.05) is 13.1 Å². The first kappa shape index (κ1) is 12.7. The standard InChI is InChI=1S/C9H13NO5S/c1-3-10(4-2)16(13,14)8-6-5-7(15-8)9(11)12/h5-6H,3-4H2,1-2H3,(H,11,12). The van der Waals surface area contributed by atoms with Crippen LogP contribution in [0.5, 0.6) is 0 Å². The number of carbonyl (C=O) groups is 1. The fourth-order valence-corrected chi connectivity index (χ4v) is 2.63. The number of nitrogens with zero attached hydrogens (tertiary/aromatic N) is 1. The molecule has 0 aromatic carbocycles. The lowest BCUT2D eigenvalue weighted by Gasteiger charge is -2.15. The number of sulfonamides is 1. The van der Waals surface area contributed by atoms with Crippen LogP contribution >= 0.6 is 0 Å². The number of aromatic carboxylic acids is 1. The Hall–Kier alpha value is -1.34. The van der Waals surface area contributed by atoms with Gasteiger partial charge in [-0.2, -0.15) is 4.31 Å². The summed E-state index contributed by atoms with van der Waals surface area (Å²) in [5.41, 5.74) is 0. The van der Waals surface area contributed by atoms with Crippen LogP contribution < -0.4 is 0 Å². The maximum absolute atomic E-state index is 11.9. The Kier molecular flexibility index (Phi) is 3.71. The Morgan fingerprint density at radius 1 is 1.38 bits per heavy atom. The average Bonchev–Trinajstić information content (AvgIpc) is 2.68. The number of hydrogen-bond donors (Lipinski definition) is 1. The molecule has 1 heterocycles. The number of rotatable bonds is 5. The zero-order valence-electron chi connectivity index (χ0n) is 9.00. The second kappa shape index (κ2) is 4.67. The molecule has 0 aliphatic carbocycles. The summed E-state index contributed by atoms with van der Waals surface area (Å²) in [5, 5.41) is 8.28. The van der Waals surface area contributed by atoms with Crippen molar-refractivity contribution in [2.45, 2.75) is 18.9 Å². The molecule has 0 saturated carbocycles. The molecule has 0 radical (unpaired) electrons. The monoisotopic (exact) mass is 247 g/mol. The highest BCUT2D eigenvalue weighted by Gasteiger charge is 2.26. The van der Waals surface area contributed by atoms with Crippen LogP contribution in [0.3, 0.4) is 0 Å². The van der Waals surface area contributed by atoms with Gasteiger partial charge in [-0.15, -0.1) is 0 Å². The highest BCUT2D eigenvalue weighted by molar-refractivity contribution is 7.89. The van der Waals surface area contributed by atoms with Crippen molar-refractivity contribution in [3.05, 3.63) is 17.9 Å². The molecule has 0 spiro atoms. The molecule has 16 heavy (non-hydrogen) atoms. The van der Waals surface area contributed by atoms with Crippen LogP contribution in [0.2, 0.25) is 0 Å². The van der Waals surface area contributed by atoms with Crippen molar-refractivity contribution < 1.29 is 22.7 Å². The van der Waals surface area contributed by atoms with E-state index >= 15 is 0 Å². The highest BCUT2D eigenvalue weighted by atomic mass is 32.2. The molecule has 0 aliphatic rings. The van der Waals surface area contributed by atoms with Gasteiger partial charge in [0, 0.05) is 13.1 Å². The van der Waals surface area contributed by atoms with E-state index in [9.17, 15) is 13.2 Å². The van der Waals surface area contributed by atoms with Gasteiger partial charge in [0.1, 0.15) is 0 Å². The van der Waals surface area contributed by atoms with E-state index in [4.69, 9.17) is 9.52 Å². The molecule has 0 aliphatic heterocycles. The molecule has 0 fully saturated rings. The predicted octanol–water partition coefficient (Wildman–Crippen LogP) is 1.01. The molecule has 0 atom stereocenters. The normalized spacial score (nSPS) is 11.9. The van der Waals surface area contributed by atoms with E-state index < -0.39 is 16.0 Å². The maximum atomic E-state index is 11.9. The van der Waals surface area contributed by atoms with Gasteiger partial charge in [-0.25, -0.2) is 13.2 Å². The molecule has 0 amide bonds. The van der Waals surface area contributed by atoms with Gasteiger partial charge in [0.05, 0.1) is 0 Å². The van der Waals surface area contributed by atoms with Gasteiger partial charge in [-0.05, 0) is 12.1 Å². The molecular weight excluding hydrogens is 234 g/mol. The summed E-state index contributed by atoms with van der Waals surface area (Å²) in [6.45, 7) is 4.01. The topological polar surface area (TPSA) is 87.8 Å². The predicted molar refractivity (Wildman–Crippen MR) is 55.8 cm³/mol. The molecule has 1 rings (SSSR count). The van der Waals surface area contributed by atoms with E-state index in [2.05, 4.69) is 0 Å². The third-order valence-corrected chi connectivity index (χ3v) is 4.02. The zero-order chi connectivity index (χ0) is 12.3. The minimum absolute atomic E-state index is 0.307. The molecule has 1 N–H and O–H groups in total. The molecule has 0 unspecified atom stereocenters. The van der Waals surface area contributed by atoms with E-state index in [0.717, 1.165) is 12.1 Å². The van der Waals surface area contributed by atoms with Crippen LogP contribution in [0.4, 0.5) is 0 Å². The molecule has 1 aromatic rings. The van der Waals surface area contributed by atoms with Crippen molar-refractivity contribution in [3.8, 4) is 0 Å². The highest BCUT2D eigenvalue weighted by Crippen LogP contribution is 2.18. The van der Waals surface area contributed by atoms with Gasteiger partial charge in [-0.1, -0.05) is 13.8 Å². The van der Waals surface area contributed by atoms with E-state index in [0.29, 0.717) is 13.1 Å². The smallest absolute Gasteiger partial charge is 0.371 e. The number of hydrogen-bond acceptors (Lipinski definition) is 4. The summed E-state index contributed by atoms with van der Waals surface area (Å²) < 4.78 is 29.7. The van der Waals surface area contributed by atoms with E-state index in [1.54, 1.807) is 13.8 Å². The summed E-state index contributed by atoms with van der Waals surface area (Å²) in [6.07, 6.45) is 0. The second-order valence-electron chi connectivity index (χ2n) is 3.01. The first-order valence-corrected chi connectivity index (χ1v) is 6.20. The number of furan rings is 1. The lowest BCUT2D eigenvalue weighted by Crippen LogP contribution is -2.30.